The SMILES string of the molecule is O=C(NCCCc1cccnc1)c1ccc2n(c1=O)C[C@H]1C[C@@H]2CN(C(=O)C2CC2)C1. The molecule has 7 nitrogen and oxygen atoms in total. The van der Waals surface area contributed by atoms with Gasteiger partial charge in [0.2, 0.25) is 5.91 Å². The Morgan fingerprint density at radius 1 is 1.13 bits per heavy atom. The molecule has 3 aliphatic rings. The minimum absolute atomic E-state index is 0.180. The molecule has 2 aromatic heterocycles. The quantitative estimate of drug-likeness (QED) is 0.724. The van der Waals surface area contributed by atoms with Crippen LogP contribution in [0.1, 0.15) is 53.2 Å². The summed E-state index contributed by atoms with van der Waals surface area (Å²) in [6, 6.07) is 7.49. The van der Waals surface area contributed by atoms with Crippen molar-refractivity contribution in [1.82, 2.24) is 19.8 Å². The van der Waals surface area contributed by atoms with E-state index in [9.17, 15) is 14.4 Å². The second-order valence-corrected chi connectivity index (χ2v) is 9.12. The number of nitrogens with one attached hydrogen (secondary N) is 1. The fourth-order valence-electron chi connectivity index (χ4n) is 5.02. The molecule has 162 valence electrons. The third-order valence-electron chi connectivity index (χ3n) is 6.74. The summed E-state index contributed by atoms with van der Waals surface area (Å²) in [5.74, 6) is 0.662. The zero-order chi connectivity index (χ0) is 21.4. The van der Waals surface area contributed by atoms with Crippen LogP contribution in [0.4, 0.5) is 0 Å². The van der Waals surface area contributed by atoms with Crippen molar-refractivity contribution >= 4 is 11.8 Å². The molecular weight excluding hydrogens is 392 g/mol. The zero-order valence-corrected chi connectivity index (χ0v) is 17.6. The Hall–Kier alpha value is -2.96. The average molecular weight is 421 g/mol. The van der Waals surface area contributed by atoms with Crippen LogP contribution in [0, 0.1) is 11.8 Å². The molecule has 2 fully saturated rings. The molecule has 4 heterocycles. The van der Waals surface area contributed by atoms with Crippen molar-refractivity contribution in [2.24, 2.45) is 11.8 Å². The predicted octanol–water partition coefficient (Wildman–Crippen LogP) is 1.96. The number of carbonyl (C=O) groups is 2. The number of aromatic nitrogens is 2. The van der Waals surface area contributed by atoms with Crippen molar-refractivity contribution in [2.75, 3.05) is 19.6 Å². The number of amides is 2. The second kappa shape index (κ2) is 8.29. The minimum atomic E-state index is -0.312. The third-order valence-corrected chi connectivity index (χ3v) is 6.74. The summed E-state index contributed by atoms with van der Waals surface area (Å²) < 4.78 is 1.78. The monoisotopic (exact) mass is 420 g/mol. The summed E-state index contributed by atoms with van der Waals surface area (Å²) in [4.78, 5) is 44.4. The van der Waals surface area contributed by atoms with Gasteiger partial charge >= 0.3 is 0 Å². The lowest BCUT2D eigenvalue weighted by Crippen LogP contribution is -2.50. The van der Waals surface area contributed by atoms with Crippen LogP contribution in [0.15, 0.2) is 41.5 Å². The fraction of sp³-hybridized carbons (Fsp3) is 0.500. The van der Waals surface area contributed by atoms with E-state index in [0.29, 0.717) is 19.6 Å². The number of rotatable bonds is 6. The number of carbonyl (C=O) groups excluding carboxylic acids is 2. The van der Waals surface area contributed by atoms with Crippen LogP contribution in [0.2, 0.25) is 0 Å². The summed E-state index contributed by atoms with van der Waals surface area (Å²) in [5.41, 5.74) is 2.09. The largest absolute Gasteiger partial charge is 0.352 e. The van der Waals surface area contributed by atoms with Gasteiger partial charge in [-0.2, -0.15) is 0 Å². The first kappa shape index (κ1) is 20.0. The van der Waals surface area contributed by atoms with Crippen LogP contribution >= 0.6 is 0 Å². The van der Waals surface area contributed by atoms with Gasteiger partial charge in [0.25, 0.3) is 11.5 Å². The van der Waals surface area contributed by atoms with E-state index in [2.05, 4.69) is 10.3 Å². The van der Waals surface area contributed by atoms with Gasteiger partial charge in [-0.3, -0.25) is 19.4 Å². The van der Waals surface area contributed by atoms with Crippen LogP contribution in [0.3, 0.4) is 0 Å². The molecule has 31 heavy (non-hydrogen) atoms. The smallest absolute Gasteiger partial charge is 0.263 e. The van der Waals surface area contributed by atoms with E-state index >= 15 is 0 Å². The highest BCUT2D eigenvalue weighted by Crippen LogP contribution is 2.38. The highest BCUT2D eigenvalue weighted by molar-refractivity contribution is 5.93. The van der Waals surface area contributed by atoms with Gasteiger partial charge in [0.05, 0.1) is 0 Å². The molecular formula is C24H28N4O3. The number of pyridine rings is 2. The molecule has 2 bridgehead atoms. The van der Waals surface area contributed by atoms with E-state index < -0.39 is 0 Å². The summed E-state index contributed by atoms with van der Waals surface area (Å²) in [6.07, 6.45) is 8.23. The Bertz CT molecular complexity index is 1040. The van der Waals surface area contributed by atoms with Gasteiger partial charge in [-0.25, -0.2) is 0 Å². The first-order valence-electron chi connectivity index (χ1n) is 11.3. The number of likely N-dealkylation sites (tertiary alicyclic amines) is 1. The standard InChI is InChI=1S/C24H28N4O3/c29-22(26-10-2-4-16-3-1-9-25-12-16)20-7-8-21-19-11-17(14-28(21)24(20)31)13-27(15-19)23(30)18-5-6-18/h1,3,7-9,12,17-19H,2,4-6,10-11,13-15H2,(H,26,29)/t17-,19+/m0/s1. The van der Waals surface area contributed by atoms with Crippen LogP contribution in [-0.4, -0.2) is 45.9 Å². The Balaban J connectivity index is 1.24. The molecule has 1 saturated carbocycles. The van der Waals surface area contributed by atoms with Gasteiger partial charge < -0.3 is 14.8 Å². The Labute approximate surface area is 181 Å². The first-order valence-corrected chi connectivity index (χ1v) is 11.3. The van der Waals surface area contributed by atoms with E-state index in [1.165, 1.54) is 0 Å². The van der Waals surface area contributed by atoms with Gasteiger partial charge in [-0.15, -0.1) is 0 Å². The summed E-state index contributed by atoms with van der Waals surface area (Å²) in [5, 5.41) is 2.88. The molecule has 0 radical (unpaired) electrons. The first-order chi connectivity index (χ1) is 15.1. The number of aryl methyl sites for hydroxylation is 1. The number of hydrogen-bond acceptors (Lipinski definition) is 4. The molecule has 1 N–H and O–H groups in total. The molecule has 1 aliphatic carbocycles. The average Bonchev–Trinajstić information content (AvgIpc) is 3.63. The van der Waals surface area contributed by atoms with Crippen LogP contribution < -0.4 is 10.9 Å². The molecule has 0 unspecified atom stereocenters. The molecule has 0 spiro atoms. The maximum atomic E-state index is 13.1. The number of piperidine rings is 1. The lowest BCUT2D eigenvalue weighted by molar-refractivity contribution is -0.135. The van der Waals surface area contributed by atoms with Gasteiger partial charge in [0.1, 0.15) is 5.56 Å². The Kier molecular flexibility index (Phi) is 5.34. The van der Waals surface area contributed by atoms with Gasteiger partial charge in [0.15, 0.2) is 0 Å². The Morgan fingerprint density at radius 3 is 2.77 bits per heavy atom. The molecule has 1 saturated heterocycles. The Morgan fingerprint density at radius 2 is 2.00 bits per heavy atom. The van der Waals surface area contributed by atoms with Gasteiger partial charge in [0, 0.05) is 56.1 Å². The molecule has 0 aromatic carbocycles. The van der Waals surface area contributed by atoms with Crippen molar-refractivity contribution in [3.8, 4) is 0 Å². The summed E-state index contributed by atoms with van der Waals surface area (Å²) in [7, 11) is 0. The van der Waals surface area contributed by atoms with E-state index in [0.717, 1.165) is 49.9 Å². The molecule has 2 amide bonds. The lowest BCUT2D eigenvalue weighted by Gasteiger charge is -2.43. The molecule has 7 heteroatoms. The second-order valence-electron chi connectivity index (χ2n) is 9.12. The van der Waals surface area contributed by atoms with Crippen LogP contribution in [-0.2, 0) is 17.8 Å². The maximum Gasteiger partial charge on any atom is 0.263 e. The fourth-order valence-corrected chi connectivity index (χ4v) is 5.02. The normalized spacial score (nSPS) is 22.0. The van der Waals surface area contributed by atoms with Crippen molar-refractivity contribution in [1.29, 1.82) is 0 Å². The van der Waals surface area contributed by atoms with Crippen molar-refractivity contribution in [3.63, 3.8) is 0 Å². The minimum Gasteiger partial charge on any atom is -0.352 e. The topological polar surface area (TPSA) is 84.3 Å². The summed E-state index contributed by atoms with van der Waals surface area (Å²) >= 11 is 0. The van der Waals surface area contributed by atoms with Crippen LogP contribution in [0.25, 0.3) is 0 Å². The number of nitrogens with zero attached hydrogens (tertiary/aromatic N) is 3. The predicted molar refractivity (Wildman–Crippen MR) is 116 cm³/mol. The maximum absolute atomic E-state index is 13.1. The van der Waals surface area contributed by atoms with E-state index in [1.807, 2.05) is 29.3 Å². The lowest BCUT2D eigenvalue weighted by atomic mass is 9.82. The zero-order valence-electron chi connectivity index (χ0n) is 17.6. The number of fused-ring (bicyclic) bond motifs is 4. The van der Waals surface area contributed by atoms with E-state index in [1.54, 1.807) is 16.8 Å². The highest BCUT2D eigenvalue weighted by atomic mass is 16.2. The molecule has 2 aromatic rings. The number of hydrogen-bond donors (Lipinski definition) is 1. The third kappa shape index (κ3) is 4.13. The van der Waals surface area contributed by atoms with E-state index in [-0.39, 0.29) is 40.7 Å². The van der Waals surface area contributed by atoms with Crippen molar-refractivity contribution in [2.45, 2.75) is 44.6 Å². The highest BCUT2D eigenvalue weighted by Gasteiger charge is 2.40. The van der Waals surface area contributed by atoms with Crippen molar-refractivity contribution in [3.05, 3.63) is 63.8 Å². The van der Waals surface area contributed by atoms with Crippen molar-refractivity contribution < 1.29 is 9.59 Å². The van der Waals surface area contributed by atoms with Gasteiger partial charge in [-0.1, -0.05) is 6.07 Å². The molecule has 2 atom stereocenters. The molecule has 5 rings (SSSR count). The van der Waals surface area contributed by atoms with Crippen LogP contribution in [0.5, 0.6) is 0 Å². The van der Waals surface area contributed by atoms with E-state index in [4.69, 9.17) is 0 Å². The van der Waals surface area contributed by atoms with Gasteiger partial charge in [-0.05, 0) is 61.8 Å². The summed E-state index contributed by atoms with van der Waals surface area (Å²) in [6.45, 7) is 2.51. The molecule has 2 aliphatic heterocycles.